The molecule has 0 aliphatic carbocycles. The summed E-state index contributed by atoms with van der Waals surface area (Å²) in [4.78, 5) is 53.8. The lowest BCUT2D eigenvalue weighted by Gasteiger charge is -2.54. The van der Waals surface area contributed by atoms with Gasteiger partial charge in [0.15, 0.2) is 6.29 Å². The molecule has 8 nitrogen and oxygen atoms in total. The fraction of sp³-hybridized carbons (Fsp3) is 0.630. The number of benzene rings is 1. The number of hydrogen-bond acceptors (Lipinski definition) is 6. The van der Waals surface area contributed by atoms with Crippen molar-refractivity contribution in [1.82, 2.24) is 15.1 Å². The second kappa shape index (κ2) is 11.8. The number of nitrogens with zero attached hydrogens (tertiary/aromatic N) is 3. The summed E-state index contributed by atoms with van der Waals surface area (Å²) < 4.78 is 0. The highest BCUT2D eigenvalue weighted by molar-refractivity contribution is 6.04. The molecule has 2 fully saturated rings. The molecule has 0 saturated carbocycles. The van der Waals surface area contributed by atoms with E-state index in [1.807, 2.05) is 19.1 Å². The van der Waals surface area contributed by atoms with E-state index in [9.17, 15) is 19.2 Å². The molecule has 1 atom stereocenters. The zero-order valence-corrected chi connectivity index (χ0v) is 21.6. The lowest BCUT2D eigenvalue weighted by Crippen LogP contribution is -2.61. The number of rotatable bonds is 11. The van der Waals surface area contributed by atoms with Gasteiger partial charge in [-0.15, -0.1) is 0 Å². The molecule has 2 heterocycles. The molecule has 1 N–H and O–H groups in total. The minimum Gasteiger partial charge on any atom is -0.371 e. The van der Waals surface area contributed by atoms with Gasteiger partial charge in [0.1, 0.15) is 0 Å². The van der Waals surface area contributed by atoms with Gasteiger partial charge >= 0.3 is 0 Å². The average molecular weight is 485 g/mol. The number of likely N-dealkylation sites (tertiary alicyclic amines) is 1. The topological polar surface area (TPSA) is 90.0 Å². The number of amides is 3. The molecule has 192 valence electrons. The van der Waals surface area contributed by atoms with Crippen LogP contribution in [0.25, 0.3) is 0 Å². The molecule has 0 aromatic heterocycles. The third-order valence-electron chi connectivity index (χ3n) is 8.32. The molecule has 0 radical (unpaired) electrons. The number of piperidine rings is 1. The molecule has 1 unspecified atom stereocenters. The highest BCUT2D eigenvalue weighted by Crippen LogP contribution is 2.40. The standard InChI is InChI=1S/C27H40N4O4/c1-5-27(6-2)17-31(18-27)21-12-14-30(15-13-21)24-9-7-8-22(23(24)16-32)26(35)29(4)20(3)10-11-25(34)28-19-33/h7-9,16,19-21H,5-6,10-15,17-18H2,1-4H3,(H,28,33,34). The Hall–Kier alpha value is -2.74. The van der Waals surface area contributed by atoms with Crippen LogP contribution in [0.4, 0.5) is 5.69 Å². The highest BCUT2D eigenvalue weighted by Gasteiger charge is 2.43. The summed E-state index contributed by atoms with van der Waals surface area (Å²) in [6, 6.07) is 5.82. The molecule has 35 heavy (non-hydrogen) atoms. The quantitative estimate of drug-likeness (QED) is 0.486. The third kappa shape index (κ3) is 5.92. The molecule has 1 aromatic carbocycles. The average Bonchev–Trinajstić information content (AvgIpc) is 2.86. The SMILES string of the molecule is CCC1(CC)CN(C2CCN(c3cccc(C(=O)N(C)C(C)CCC(=O)NC=O)c3C=O)CC2)C1. The first-order valence-corrected chi connectivity index (χ1v) is 12.9. The van der Waals surface area contributed by atoms with Gasteiger partial charge in [-0.05, 0) is 56.6 Å². The van der Waals surface area contributed by atoms with Gasteiger partial charge in [-0.1, -0.05) is 19.9 Å². The largest absolute Gasteiger partial charge is 0.371 e. The third-order valence-corrected chi connectivity index (χ3v) is 8.32. The van der Waals surface area contributed by atoms with Crippen LogP contribution < -0.4 is 10.2 Å². The Morgan fingerprint density at radius 3 is 2.40 bits per heavy atom. The van der Waals surface area contributed by atoms with Gasteiger partial charge in [-0.25, -0.2) is 0 Å². The molecular weight excluding hydrogens is 444 g/mol. The fourth-order valence-electron chi connectivity index (χ4n) is 5.44. The van der Waals surface area contributed by atoms with E-state index in [4.69, 9.17) is 0 Å². The van der Waals surface area contributed by atoms with E-state index in [1.165, 1.54) is 25.9 Å². The number of nitrogens with one attached hydrogen (secondary N) is 1. The van der Waals surface area contributed by atoms with Crippen LogP contribution in [0.3, 0.4) is 0 Å². The second-order valence-electron chi connectivity index (χ2n) is 10.2. The first-order chi connectivity index (χ1) is 16.8. The smallest absolute Gasteiger partial charge is 0.254 e. The number of carbonyl (C=O) groups excluding carboxylic acids is 4. The monoisotopic (exact) mass is 484 g/mol. The molecule has 3 rings (SSSR count). The lowest BCUT2D eigenvalue weighted by atomic mass is 9.74. The summed E-state index contributed by atoms with van der Waals surface area (Å²) >= 11 is 0. The van der Waals surface area contributed by atoms with Crippen LogP contribution in [-0.4, -0.2) is 79.6 Å². The first kappa shape index (κ1) is 26.9. The zero-order valence-electron chi connectivity index (χ0n) is 21.6. The predicted molar refractivity (Wildman–Crippen MR) is 137 cm³/mol. The summed E-state index contributed by atoms with van der Waals surface area (Å²) in [6.45, 7) is 10.5. The van der Waals surface area contributed by atoms with E-state index in [2.05, 4.69) is 29.0 Å². The summed E-state index contributed by atoms with van der Waals surface area (Å²) in [5.41, 5.74) is 2.12. The van der Waals surface area contributed by atoms with Gasteiger partial charge in [0.2, 0.25) is 12.3 Å². The maximum atomic E-state index is 13.3. The second-order valence-corrected chi connectivity index (χ2v) is 10.2. The van der Waals surface area contributed by atoms with E-state index in [-0.39, 0.29) is 24.3 Å². The summed E-state index contributed by atoms with van der Waals surface area (Å²) in [5, 5.41) is 2.11. The number of carbonyl (C=O) groups is 4. The molecule has 1 aromatic rings. The van der Waals surface area contributed by atoms with Crippen LogP contribution in [-0.2, 0) is 9.59 Å². The summed E-state index contributed by atoms with van der Waals surface area (Å²) in [6.07, 6.45) is 6.29. The fourth-order valence-corrected chi connectivity index (χ4v) is 5.44. The highest BCUT2D eigenvalue weighted by atomic mass is 16.2. The van der Waals surface area contributed by atoms with Crippen LogP contribution in [0.2, 0.25) is 0 Å². The Morgan fingerprint density at radius 1 is 1.17 bits per heavy atom. The zero-order chi connectivity index (χ0) is 25.6. The van der Waals surface area contributed by atoms with Crippen molar-refractivity contribution in [1.29, 1.82) is 0 Å². The Labute approximate surface area is 209 Å². The van der Waals surface area contributed by atoms with Gasteiger partial charge in [0.25, 0.3) is 5.91 Å². The van der Waals surface area contributed by atoms with Crippen LogP contribution >= 0.6 is 0 Å². The molecule has 0 spiro atoms. The number of hydrogen-bond donors (Lipinski definition) is 1. The van der Waals surface area contributed by atoms with Crippen molar-refractivity contribution in [3.63, 3.8) is 0 Å². The van der Waals surface area contributed by atoms with Crippen molar-refractivity contribution in [2.24, 2.45) is 5.41 Å². The van der Waals surface area contributed by atoms with E-state index in [0.717, 1.165) is 37.9 Å². The van der Waals surface area contributed by atoms with E-state index >= 15 is 0 Å². The van der Waals surface area contributed by atoms with Gasteiger partial charge < -0.3 is 9.80 Å². The first-order valence-electron chi connectivity index (χ1n) is 12.9. The summed E-state index contributed by atoms with van der Waals surface area (Å²) in [7, 11) is 1.68. The number of anilines is 1. The molecule has 2 aliphatic rings. The molecule has 2 saturated heterocycles. The van der Waals surface area contributed by atoms with Crippen LogP contribution in [0, 0.1) is 5.41 Å². The molecule has 3 amide bonds. The molecule has 2 aliphatic heterocycles. The predicted octanol–water partition coefficient (Wildman–Crippen LogP) is 3.10. The Balaban J connectivity index is 1.64. The van der Waals surface area contributed by atoms with E-state index in [0.29, 0.717) is 35.4 Å². The number of aldehydes is 1. The minimum absolute atomic E-state index is 0.141. The van der Waals surface area contributed by atoms with Crippen molar-refractivity contribution < 1.29 is 19.2 Å². The van der Waals surface area contributed by atoms with Crippen molar-refractivity contribution in [3.8, 4) is 0 Å². The van der Waals surface area contributed by atoms with Crippen molar-refractivity contribution in [2.75, 3.05) is 38.1 Å². The van der Waals surface area contributed by atoms with Gasteiger partial charge in [-0.2, -0.15) is 0 Å². The van der Waals surface area contributed by atoms with Crippen molar-refractivity contribution >= 4 is 30.2 Å². The molecule has 8 heteroatoms. The molecule has 0 bridgehead atoms. The maximum Gasteiger partial charge on any atom is 0.254 e. The van der Waals surface area contributed by atoms with Crippen molar-refractivity contribution in [3.05, 3.63) is 29.3 Å². The lowest BCUT2D eigenvalue weighted by molar-refractivity contribution is -0.125. The van der Waals surface area contributed by atoms with Crippen LogP contribution in [0.5, 0.6) is 0 Å². The summed E-state index contributed by atoms with van der Waals surface area (Å²) in [5.74, 6) is -0.622. The van der Waals surface area contributed by atoms with E-state index < -0.39 is 0 Å². The van der Waals surface area contributed by atoms with Gasteiger partial charge in [-0.3, -0.25) is 29.4 Å². The van der Waals surface area contributed by atoms with E-state index in [1.54, 1.807) is 18.0 Å². The Kier molecular flexibility index (Phi) is 9.05. The normalized spacial score (nSPS) is 18.9. The Bertz CT molecular complexity index is 914. The van der Waals surface area contributed by atoms with Gasteiger partial charge in [0.05, 0.1) is 11.1 Å². The maximum absolute atomic E-state index is 13.3. The minimum atomic E-state index is -0.375. The van der Waals surface area contributed by atoms with Crippen LogP contribution in [0.15, 0.2) is 18.2 Å². The van der Waals surface area contributed by atoms with Crippen LogP contribution in [0.1, 0.15) is 80.0 Å². The van der Waals surface area contributed by atoms with Crippen molar-refractivity contribution in [2.45, 2.75) is 71.4 Å². The molecular formula is C27H40N4O4. The Morgan fingerprint density at radius 2 is 1.83 bits per heavy atom. The number of imide groups is 1. The van der Waals surface area contributed by atoms with Gasteiger partial charge in [0, 0.05) is 57.4 Å².